The van der Waals surface area contributed by atoms with Crippen LogP contribution in [0.3, 0.4) is 0 Å². The van der Waals surface area contributed by atoms with Crippen LogP contribution in [0.25, 0.3) is 0 Å². The topological polar surface area (TPSA) is 70.7 Å². The lowest BCUT2D eigenvalue weighted by Gasteiger charge is -2.24. The Hall–Kier alpha value is -3.09. The van der Waals surface area contributed by atoms with E-state index in [0.29, 0.717) is 25.2 Å². The zero-order valence-corrected chi connectivity index (χ0v) is 15.1. The van der Waals surface area contributed by atoms with Crippen molar-refractivity contribution in [3.05, 3.63) is 59.9 Å². The molecule has 0 saturated carbocycles. The van der Waals surface area contributed by atoms with Crippen LogP contribution in [0.15, 0.2) is 48.5 Å². The summed E-state index contributed by atoms with van der Waals surface area (Å²) in [7, 11) is 1.60. The van der Waals surface area contributed by atoms with Crippen molar-refractivity contribution < 1.29 is 18.7 Å². The Bertz CT molecular complexity index is 793. The second kappa shape index (κ2) is 8.53. The predicted octanol–water partition coefficient (Wildman–Crippen LogP) is 3.15. The van der Waals surface area contributed by atoms with Crippen molar-refractivity contribution in [3.63, 3.8) is 0 Å². The van der Waals surface area contributed by atoms with Gasteiger partial charge in [0.15, 0.2) is 0 Å². The highest BCUT2D eigenvalue weighted by Crippen LogP contribution is 2.20. The summed E-state index contributed by atoms with van der Waals surface area (Å²) in [5.41, 5.74) is 1.44. The lowest BCUT2D eigenvalue weighted by Crippen LogP contribution is -2.47. The number of anilines is 1. The van der Waals surface area contributed by atoms with Crippen LogP contribution in [0.5, 0.6) is 5.75 Å². The minimum absolute atomic E-state index is 0.183. The Balaban J connectivity index is 1.56. The number of hydrogen-bond donors (Lipinski definition) is 2. The molecule has 1 heterocycles. The van der Waals surface area contributed by atoms with Gasteiger partial charge in [0, 0.05) is 18.8 Å². The van der Waals surface area contributed by atoms with Gasteiger partial charge in [0.25, 0.3) is 0 Å². The highest BCUT2D eigenvalue weighted by molar-refractivity contribution is 5.94. The molecule has 0 aliphatic carbocycles. The normalized spacial score (nSPS) is 16.1. The number of carbonyl (C=O) groups excluding carboxylic acids is 2. The van der Waals surface area contributed by atoms with E-state index >= 15 is 0 Å². The van der Waals surface area contributed by atoms with Crippen molar-refractivity contribution in [1.82, 2.24) is 10.2 Å². The van der Waals surface area contributed by atoms with Crippen LogP contribution in [0.1, 0.15) is 18.4 Å². The van der Waals surface area contributed by atoms with Crippen LogP contribution in [0.4, 0.5) is 14.9 Å². The molecule has 0 aromatic heterocycles. The van der Waals surface area contributed by atoms with E-state index < -0.39 is 6.04 Å². The Kier molecular flexibility index (Phi) is 5.90. The Morgan fingerprint density at radius 1 is 1.15 bits per heavy atom. The molecule has 1 saturated heterocycles. The maximum atomic E-state index is 13.0. The van der Waals surface area contributed by atoms with Gasteiger partial charge in [-0.1, -0.05) is 12.1 Å². The number of rotatable bonds is 5. The van der Waals surface area contributed by atoms with E-state index in [1.165, 1.54) is 29.2 Å². The van der Waals surface area contributed by atoms with Crippen LogP contribution in [-0.2, 0) is 11.3 Å². The fourth-order valence-electron chi connectivity index (χ4n) is 3.06. The average molecular weight is 371 g/mol. The van der Waals surface area contributed by atoms with E-state index in [1.54, 1.807) is 7.11 Å². The summed E-state index contributed by atoms with van der Waals surface area (Å²) in [5.74, 6) is 0.201. The molecule has 1 aliphatic heterocycles. The summed E-state index contributed by atoms with van der Waals surface area (Å²) in [6.45, 7) is 0.889. The summed E-state index contributed by atoms with van der Waals surface area (Å²) < 4.78 is 18.1. The largest absolute Gasteiger partial charge is 0.497 e. The first-order valence-corrected chi connectivity index (χ1v) is 8.80. The highest BCUT2D eigenvalue weighted by atomic mass is 19.1. The van der Waals surface area contributed by atoms with E-state index in [0.717, 1.165) is 17.7 Å². The molecule has 0 bridgehead atoms. The number of methoxy groups -OCH3 is 1. The number of likely N-dealkylation sites (tertiary alicyclic amines) is 1. The van der Waals surface area contributed by atoms with Crippen molar-refractivity contribution in [3.8, 4) is 5.75 Å². The number of hydrogen-bond acceptors (Lipinski definition) is 3. The first-order chi connectivity index (χ1) is 13.1. The fraction of sp³-hybridized carbons (Fsp3) is 0.300. The van der Waals surface area contributed by atoms with Crippen LogP contribution >= 0.6 is 0 Å². The maximum Gasteiger partial charge on any atom is 0.322 e. The average Bonchev–Trinajstić information content (AvgIpc) is 3.18. The molecule has 27 heavy (non-hydrogen) atoms. The number of nitrogens with one attached hydrogen (secondary N) is 2. The third kappa shape index (κ3) is 4.75. The van der Waals surface area contributed by atoms with E-state index in [2.05, 4.69) is 10.6 Å². The van der Waals surface area contributed by atoms with Crippen LogP contribution in [-0.4, -0.2) is 36.5 Å². The first-order valence-electron chi connectivity index (χ1n) is 8.80. The van der Waals surface area contributed by atoms with E-state index in [9.17, 15) is 14.0 Å². The molecule has 1 fully saturated rings. The van der Waals surface area contributed by atoms with Crippen LogP contribution < -0.4 is 15.4 Å². The SMILES string of the molecule is COc1ccc(CNC(=O)[C@@H]2CCCN2C(=O)Nc2ccc(F)cc2)cc1. The molecule has 1 atom stereocenters. The van der Waals surface area contributed by atoms with Gasteiger partial charge in [-0.3, -0.25) is 4.79 Å². The molecule has 6 nitrogen and oxygen atoms in total. The molecule has 2 aromatic carbocycles. The maximum absolute atomic E-state index is 13.0. The van der Waals surface area contributed by atoms with Gasteiger partial charge in [-0.05, 0) is 54.8 Å². The van der Waals surface area contributed by atoms with E-state index in [4.69, 9.17) is 4.74 Å². The minimum Gasteiger partial charge on any atom is -0.497 e. The molecule has 0 spiro atoms. The van der Waals surface area contributed by atoms with E-state index in [-0.39, 0.29) is 17.8 Å². The second-order valence-corrected chi connectivity index (χ2v) is 6.35. The van der Waals surface area contributed by atoms with Crippen molar-refractivity contribution in [2.45, 2.75) is 25.4 Å². The van der Waals surface area contributed by atoms with Gasteiger partial charge in [0.2, 0.25) is 5.91 Å². The smallest absolute Gasteiger partial charge is 0.322 e. The summed E-state index contributed by atoms with van der Waals surface area (Å²) >= 11 is 0. The van der Waals surface area contributed by atoms with Crippen LogP contribution in [0.2, 0.25) is 0 Å². The van der Waals surface area contributed by atoms with Crippen molar-refractivity contribution >= 4 is 17.6 Å². The van der Waals surface area contributed by atoms with Gasteiger partial charge in [-0.15, -0.1) is 0 Å². The van der Waals surface area contributed by atoms with Crippen molar-refractivity contribution in [2.75, 3.05) is 19.0 Å². The minimum atomic E-state index is -0.510. The number of halogens is 1. The molecule has 7 heteroatoms. The fourth-order valence-corrected chi connectivity index (χ4v) is 3.06. The third-order valence-electron chi connectivity index (χ3n) is 4.54. The van der Waals surface area contributed by atoms with Gasteiger partial charge in [-0.25, -0.2) is 9.18 Å². The third-order valence-corrected chi connectivity index (χ3v) is 4.54. The molecular weight excluding hydrogens is 349 g/mol. The molecular formula is C20H22FN3O3. The molecule has 0 unspecified atom stereocenters. The summed E-state index contributed by atoms with van der Waals surface area (Å²) in [6.07, 6.45) is 1.38. The monoisotopic (exact) mass is 371 g/mol. The summed E-state index contributed by atoms with van der Waals surface area (Å²) in [5, 5.41) is 5.59. The van der Waals surface area contributed by atoms with Crippen molar-refractivity contribution in [2.24, 2.45) is 0 Å². The van der Waals surface area contributed by atoms with Gasteiger partial charge in [0.1, 0.15) is 17.6 Å². The predicted molar refractivity (Wildman–Crippen MR) is 100.0 cm³/mol. The Morgan fingerprint density at radius 3 is 2.52 bits per heavy atom. The standard InChI is InChI=1S/C20H22FN3O3/c1-27-17-10-4-14(5-11-17)13-22-19(25)18-3-2-12-24(18)20(26)23-16-8-6-15(21)7-9-16/h4-11,18H,2-3,12-13H2,1H3,(H,22,25)(H,23,26)/t18-/m0/s1. The van der Waals surface area contributed by atoms with E-state index in [1.807, 2.05) is 24.3 Å². The number of nitrogens with zero attached hydrogens (tertiary/aromatic N) is 1. The lowest BCUT2D eigenvalue weighted by molar-refractivity contribution is -0.124. The molecule has 142 valence electrons. The molecule has 3 rings (SSSR count). The van der Waals surface area contributed by atoms with Gasteiger partial charge >= 0.3 is 6.03 Å². The molecule has 1 aliphatic rings. The van der Waals surface area contributed by atoms with Gasteiger partial charge < -0.3 is 20.3 Å². The zero-order valence-electron chi connectivity index (χ0n) is 15.1. The first kappa shape index (κ1) is 18.7. The van der Waals surface area contributed by atoms with Crippen molar-refractivity contribution in [1.29, 1.82) is 0 Å². The van der Waals surface area contributed by atoms with Crippen LogP contribution in [0, 0.1) is 5.82 Å². The number of ether oxygens (including phenoxy) is 1. The number of benzene rings is 2. The summed E-state index contributed by atoms with van der Waals surface area (Å²) in [4.78, 5) is 26.6. The molecule has 2 N–H and O–H groups in total. The van der Waals surface area contributed by atoms with Gasteiger partial charge in [-0.2, -0.15) is 0 Å². The Morgan fingerprint density at radius 2 is 1.85 bits per heavy atom. The van der Waals surface area contributed by atoms with Gasteiger partial charge in [0.05, 0.1) is 7.11 Å². The zero-order chi connectivity index (χ0) is 19.2. The second-order valence-electron chi connectivity index (χ2n) is 6.35. The quantitative estimate of drug-likeness (QED) is 0.848. The molecule has 2 aromatic rings. The molecule has 0 radical (unpaired) electrons. The molecule has 3 amide bonds. The number of amides is 3. The lowest BCUT2D eigenvalue weighted by atomic mass is 10.2. The summed E-state index contributed by atoms with van der Waals surface area (Å²) in [6, 6.07) is 12.1. The number of urea groups is 1. The Labute approximate surface area is 157 Å². The number of carbonyl (C=O) groups is 2. The highest BCUT2D eigenvalue weighted by Gasteiger charge is 2.34.